The molecule has 0 bridgehead atoms. The van der Waals surface area contributed by atoms with Crippen molar-refractivity contribution in [3.8, 4) is 0 Å². The molecule has 6 nitrogen and oxygen atoms in total. The van der Waals surface area contributed by atoms with Crippen LogP contribution in [0.25, 0.3) is 0 Å². The average molecular weight is 477 g/mol. The maximum absolute atomic E-state index is 12.8. The predicted molar refractivity (Wildman–Crippen MR) is 117 cm³/mol. The van der Waals surface area contributed by atoms with Crippen LogP contribution in [-0.2, 0) is 11.5 Å². The van der Waals surface area contributed by atoms with Crippen molar-refractivity contribution in [1.29, 1.82) is 0 Å². The molecule has 0 aliphatic heterocycles. The van der Waals surface area contributed by atoms with Crippen LogP contribution in [-0.4, -0.2) is 25.5 Å². The van der Waals surface area contributed by atoms with Crippen molar-refractivity contribution >= 4 is 39.1 Å². The topological polar surface area (TPSA) is 64.7 Å². The number of amides is 1. The molecule has 2 aromatic heterocycles. The second kappa shape index (κ2) is 7.61. The van der Waals surface area contributed by atoms with E-state index in [0.717, 1.165) is 44.9 Å². The first-order valence-corrected chi connectivity index (χ1v) is 10.7. The molecule has 8 heteroatoms. The third-order valence-corrected chi connectivity index (χ3v) is 7.02. The van der Waals surface area contributed by atoms with Gasteiger partial charge in [0.15, 0.2) is 0 Å². The maximum Gasteiger partial charge on any atom is 0.228 e. The molecular formula is C21H23BrClN5O. The molecule has 1 saturated carbocycles. The van der Waals surface area contributed by atoms with Crippen molar-refractivity contribution in [2.24, 2.45) is 5.92 Å². The van der Waals surface area contributed by atoms with Gasteiger partial charge in [0.1, 0.15) is 6.67 Å². The van der Waals surface area contributed by atoms with E-state index in [1.54, 1.807) is 0 Å². The number of halogens is 2. The smallest absolute Gasteiger partial charge is 0.228 e. The third kappa shape index (κ3) is 3.85. The first-order valence-electron chi connectivity index (χ1n) is 9.56. The number of carbonyl (C=O) groups excluding carboxylic acids is 1. The molecule has 0 unspecified atom stereocenters. The Morgan fingerprint density at radius 1 is 1.10 bits per heavy atom. The van der Waals surface area contributed by atoms with Crippen LogP contribution in [0.4, 0.5) is 5.69 Å². The molecule has 3 aromatic rings. The molecule has 1 aromatic carbocycles. The Balaban J connectivity index is 1.47. The zero-order valence-electron chi connectivity index (χ0n) is 16.8. The van der Waals surface area contributed by atoms with Gasteiger partial charge in [-0.05, 0) is 73.7 Å². The van der Waals surface area contributed by atoms with Crippen molar-refractivity contribution in [3.63, 3.8) is 0 Å². The van der Waals surface area contributed by atoms with E-state index < -0.39 is 0 Å². The van der Waals surface area contributed by atoms with E-state index >= 15 is 0 Å². The van der Waals surface area contributed by atoms with E-state index in [0.29, 0.717) is 11.7 Å². The highest BCUT2D eigenvalue weighted by Crippen LogP contribution is 2.48. The Hall–Kier alpha value is -2.12. The number of carbonyl (C=O) groups is 1. The van der Waals surface area contributed by atoms with Crippen LogP contribution in [0, 0.1) is 33.6 Å². The summed E-state index contributed by atoms with van der Waals surface area (Å²) < 4.78 is 4.79. The molecule has 1 aliphatic rings. The Labute approximate surface area is 183 Å². The summed E-state index contributed by atoms with van der Waals surface area (Å²) in [5, 5.41) is 13.0. The highest BCUT2D eigenvalue weighted by Gasteiger charge is 2.44. The van der Waals surface area contributed by atoms with Gasteiger partial charge in [-0.15, -0.1) is 0 Å². The van der Waals surface area contributed by atoms with Gasteiger partial charge >= 0.3 is 0 Å². The van der Waals surface area contributed by atoms with Crippen LogP contribution in [0.2, 0.25) is 5.02 Å². The first-order chi connectivity index (χ1) is 13.8. The second-order valence-corrected chi connectivity index (χ2v) is 8.89. The molecule has 0 spiro atoms. The Morgan fingerprint density at radius 2 is 1.72 bits per heavy atom. The summed E-state index contributed by atoms with van der Waals surface area (Å²) in [7, 11) is 0. The fourth-order valence-electron chi connectivity index (χ4n) is 3.73. The molecule has 1 fully saturated rings. The zero-order valence-corrected chi connectivity index (χ0v) is 19.2. The third-order valence-electron chi connectivity index (χ3n) is 5.62. The fourth-order valence-corrected chi connectivity index (χ4v) is 4.14. The van der Waals surface area contributed by atoms with E-state index in [1.165, 1.54) is 0 Å². The summed E-state index contributed by atoms with van der Waals surface area (Å²) in [5.41, 5.74) is 5.67. The highest BCUT2D eigenvalue weighted by atomic mass is 79.9. The van der Waals surface area contributed by atoms with E-state index in [9.17, 15) is 4.79 Å². The van der Waals surface area contributed by atoms with E-state index in [-0.39, 0.29) is 17.7 Å². The monoisotopic (exact) mass is 475 g/mol. The number of rotatable bonds is 5. The predicted octanol–water partition coefficient (Wildman–Crippen LogP) is 4.98. The minimum absolute atomic E-state index is 0.00899. The van der Waals surface area contributed by atoms with Gasteiger partial charge in [0.2, 0.25) is 5.91 Å². The number of hydrogen-bond donors (Lipinski definition) is 1. The van der Waals surface area contributed by atoms with Gasteiger partial charge in [-0.2, -0.15) is 10.2 Å². The number of hydrogen-bond acceptors (Lipinski definition) is 3. The van der Waals surface area contributed by atoms with Crippen LogP contribution in [0.5, 0.6) is 0 Å². The van der Waals surface area contributed by atoms with Gasteiger partial charge in [-0.1, -0.05) is 23.7 Å². The minimum atomic E-state index is -0.00899. The van der Waals surface area contributed by atoms with Gasteiger partial charge in [0, 0.05) is 10.9 Å². The van der Waals surface area contributed by atoms with Crippen molar-refractivity contribution in [2.45, 2.75) is 46.7 Å². The number of nitrogens with one attached hydrogen (secondary N) is 1. The number of aromatic nitrogens is 4. The lowest BCUT2D eigenvalue weighted by Crippen LogP contribution is -2.17. The number of benzene rings is 1. The van der Waals surface area contributed by atoms with E-state index in [2.05, 4.69) is 31.4 Å². The quantitative estimate of drug-likeness (QED) is 0.565. The van der Waals surface area contributed by atoms with Crippen LogP contribution in [0.3, 0.4) is 0 Å². The number of anilines is 1. The van der Waals surface area contributed by atoms with E-state index in [1.807, 2.05) is 61.3 Å². The number of nitrogens with zero attached hydrogens (tertiary/aromatic N) is 4. The average Bonchev–Trinajstić information content (AvgIpc) is 3.40. The summed E-state index contributed by atoms with van der Waals surface area (Å²) in [6, 6.07) is 7.75. The molecule has 2 heterocycles. The SMILES string of the molecule is Cc1nn(Cn2nc(C)c(NC(=O)[C@H]3C[C@H]3c3ccc(Cl)cc3)c2C)c(C)c1Br. The largest absolute Gasteiger partial charge is 0.323 e. The molecule has 1 aliphatic carbocycles. The summed E-state index contributed by atoms with van der Waals surface area (Å²) in [4.78, 5) is 12.8. The summed E-state index contributed by atoms with van der Waals surface area (Å²) in [5.74, 6) is 0.296. The first kappa shape index (κ1) is 20.2. The van der Waals surface area contributed by atoms with Crippen molar-refractivity contribution in [3.05, 3.63) is 62.1 Å². The lowest BCUT2D eigenvalue weighted by Gasteiger charge is -2.09. The van der Waals surface area contributed by atoms with Crippen molar-refractivity contribution in [2.75, 3.05) is 5.32 Å². The van der Waals surface area contributed by atoms with Gasteiger partial charge in [-0.25, -0.2) is 9.36 Å². The van der Waals surface area contributed by atoms with Crippen LogP contribution in [0.1, 0.15) is 40.7 Å². The Bertz CT molecular complexity index is 1090. The summed E-state index contributed by atoms with van der Waals surface area (Å²) in [6.45, 7) is 8.37. The lowest BCUT2D eigenvalue weighted by molar-refractivity contribution is -0.117. The van der Waals surface area contributed by atoms with Crippen LogP contribution >= 0.6 is 27.5 Å². The molecule has 1 N–H and O–H groups in total. The summed E-state index contributed by atoms with van der Waals surface area (Å²) in [6.07, 6.45) is 0.861. The van der Waals surface area contributed by atoms with Gasteiger partial charge in [0.25, 0.3) is 0 Å². The molecular weight excluding hydrogens is 454 g/mol. The molecule has 1 amide bonds. The lowest BCUT2D eigenvalue weighted by atomic mass is 10.1. The minimum Gasteiger partial charge on any atom is -0.323 e. The number of aryl methyl sites for hydroxylation is 2. The zero-order chi connectivity index (χ0) is 20.9. The molecule has 0 radical (unpaired) electrons. The van der Waals surface area contributed by atoms with Crippen molar-refractivity contribution < 1.29 is 4.79 Å². The van der Waals surface area contributed by atoms with Gasteiger partial charge in [-0.3, -0.25) is 4.79 Å². The van der Waals surface area contributed by atoms with Crippen LogP contribution in [0.15, 0.2) is 28.7 Å². The molecule has 0 saturated heterocycles. The van der Waals surface area contributed by atoms with Crippen LogP contribution < -0.4 is 5.32 Å². The fraction of sp³-hybridized carbons (Fsp3) is 0.381. The summed E-state index contributed by atoms with van der Waals surface area (Å²) >= 11 is 9.52. The van der Waals surface area contributed by atoms with Gasteiger partial charge < -0.3 is 5.32 Å². The van der Waals surface area contributed by atoms with Crippen molar-refractivity contribution in [1.82, 2.24) is 19.6 Å². The molecule has 2 atom stereocenters. The standard InChI is InChI=1S/C21H23BrClN5O/c1-11-19(22)13(3)27(25-11)10-28-14(4)20(12(2)26-28)24-21(29)18-9-17(18)15-5-7-16(23)8-6-15/h5-8,17-18H,9-10H2,1-4H3,(H,24,29)/t17-,18-/m0/s1. The Kier molecular flexibility index (Phi) is 5.29. The van der Waals surface area contributed by atoms with Gasteiger partial charge in [0.05, 0.1) is 32.9 Å². The maximum atomic E-state index is 12.8. The molecule has 29 heavy (non-hydrogen) atoms. The second-order valence-electron chi connectivity index (χ2n) is 7.66. The Morgan fingerprint density at radius 3 is 2.34 bits per heavy atom. The molecule has 4 rings (SSSR count). The highest BCUT2D eigenvalue weighted by molar-refractivity contribution is 9.10. The normalized spacial score (nSPS) is 18.1. The van der Waals surface area contributed by atoms with E-state index in [4.69, 9.17) is 11.6 Å². The molecule has 152 valence electrons.